The van der Waals surface area contributed by atoms with Gasteiger partial charge in [-0.15, -0.1) is 11.8 Å². The number of urea groups is 1. The number of rotatable bonds is 5. The van der Waals surface area contributed by atoms with Crippen molar-refractivity contribution in [2.45, 2.75) is 57.5 Å². The number of nitrogens with one attached hydrogen (secondary N) is 1. The van der Waals surface area contributed by atoms with E-state index in [2.05, 4.69) is 19.2 Å². The third-order valence-corrected chi connectivity index (χ3v) is 5.24. The van der Waals surface area contributed by atoms with E-state index in [0.717, 1.165) is 19.3 Å². The second-order valence-corrected chi connectivity index (χ2v) is 7.45. The average Bonchev–Trinajstić information content (AvgIpc) is 3.05. The summed E-state index contributed by atoms with van der Waals surface area (Å²) in [6, 6.07) is -0.827. The first-order chi connectivity index (χ1) is 9.40. The van der Waals surface area contributed by atoms with E-state index >= 15 is 0 Å². The van der Waals surface area contributed by atoms with Crippen LogP contribution in [0.5, 0.6) is 0 Å². The van der Waals surface area contributed by atoms with Crippen molar-refractivity contribution in [2.75, 3.05) is 5.75 Å². The van der Waals surface area contributed by atoms with Crippen LogP contribution < -0.4 is 5.32 Å². The normalized spacial score (nSPS) is 27.7. The maximum Gasteiger partial charge on any atom is 0.327 e. The Morgan fingerprint density at radius 3 is 2.50 bits per heavy atom. The smallest absolute Gasteiger partial charge is 0.327 e. The summed E-state index contributed by atoms with van der Waals surface area (Å²) in [5.74, 6) is 0.596. The summed E-state index contributed by atoms with van der Waals surface area (Å²) in [5.41, 5.74) is 0. The summed E-state index contributed by atoms with van der Waals surface area (Å²) in [5, 5.41) is 12.3. The Morgan fingerprint density at radius 1 is 1.35 bits per heavy atom. The minimum atomic E-state index is -0.896. The van der Waals surface area contributed by atoms with Gasteiger partial charge in [-0.1, -0.05) is 13.8 Å². The summed E-state index contributed by atoms with van der Waals surface area (Å²) in [6.07, 6.45) is 3.11. The van der Waals surface area contributed by atoms with E-state index in [1.807, 2.05) is 6.92 Å². The fourth-order valence-corrected chi connectivity index (χ4v) is 4.40. The second kappa shape index (κ2) is 6.24. The molecule has 0 aromatic carbocycles. The molecule has 5 nitrogen and oxygen atoms in total. The quantitative estimate of drug-likeness (QED) is 0.818. The first-order valence-electron chi connectivity index (χ1n) is 7.33. The van der Waals surface area contributed by atoms with Crippen molar-refractivity contribution in [3.8, 4) is 0 Å². The first kappa shape index (κ1) is 15.5. The van der Waals surface area contributed by atoms with Crippen LogP contribution in [0, 0.1) is 11.8 Å². The van der Waals surface area contributed by atoms with Gasteiger partial charge in [0.25, 0.3) is 0 Å². The van der Waals surface area contributed by atoms with Gasteiger partial charge in [0.2, 0.25) is 0 Å². The van der Waals surface area contributed by atoms with Crippen molar-refractivity contribution in [1.29, 1.82) is 0 Å². The average molecular weight is 300 g/mol. The molecule has 2 amide bonds. The Morgan fingerprint density at radius 2 is 2.00 bits per heavy atom. The minimum absolute atomic E-state index is 0.0438. The van der Waals surface area contributed by atoms with E-state index < -0.39 is 12.0 Å². The molecule has 3 atom stereocenters. The van der Waals surface area contributed by atoms with E-state index in [0.29, 0.717) is 17.6 Å². The largest absolute Gasteiger partial charge is 0.480 e. The number of amides is 2. The second-order valence-electron chi connectivity index (χ2n) is 6.30. The molecule has 2 rings (SSSR count). The number of nitrogens with zero attached hydrogens (tertiary/aromatic N) is 1. The van der Waals surface area contributed by atoms with Gasteiger partial charge in [-0.3, -0.25) is 4.90 Å². The molecule has 0 spiro atoms. The maximum absolute atomic E-state index is 12.4. The van der Waals surface area contributed by atoms with Crippen LogP contribution in [0.3, 0.4) is 0 Å². The number of carbonyl (C=O) groups is 2. The highest BCUT2D eigenvalue weighted by Gasteiger charge is 2.48. The molecule has 3 unspecified atom stereocenters. The lowest BCUT2D eigenvalue weighted by atomic mass is 10.1. The van der Waals surface area contributed by atoms with Crippen molar-refractivity contribution in [3.05, 3.63) is 0 Å². The maximum atomic E-state index is 12.4. The Hall–Kier alpha value is -0.910. The SMILES string of the molecule is CC(C)CC(C)NC(=O)N1C(C(=O)O)CSC1C1CC1. The predicted molar refractivity (Wildman–Crippen MR) is 79.7 cm³/mol. The zero-order valence-corrected chi connectivity index (χ0v) is 13.2. The molecule has 1 aliphatic heterocycles. The highest BCUT2D eigenvalue weighted by atomic mass is 32.2. The third-order valence-electron chi connectivity index (χ3n) is 3.77. The van der Waals surface area contributed by atoms with Gasteiger partial charge in [-0.2, -0.15) is 0 Å². The van der Waals surface area contributed by atoms with Crippen LogP contribution >= 0.6 is 11.8 Å². The zero-order chi connectivity index (χ0) is 14.9. The molecule has 2 N–H and O–H groups in total. The minimum Gasteiger partial charge on any atom is -0.480 e. The number of carboxylic acid groups (broad SMARTS) is 1. The molecule has 6 heteroatoms. The molecule has 20 heavy (non-hydrogen) atoms. The number of hydrogen-bond donors (Lipinski definition) is 2. The van der Waals surface area contributed by atoms with Gasteiger partial charge in [-0.25, -0.2) is 9.59 Å². The highest BCUT2D eigenvalue weighted by Crippen LogP contribution is 2.45. The molecule has 1 aliphatic carbocycles. The fourth-order valence-electron chi connectivity index (χ4n) is 2.77. The Labute approximate surface area is 124 Å². The number of carbonyl (C=O) groups excluding carboxylic acids is 1. The molecule has 0 bridgehead atoms. The van der Waals surface area contributed by atoms with E-state index in [9.17, 15) is 14.7 Å². The number of carboxylic acids is 1. The van der Waals surface area contributed by atoms with Crippen LogP contribution in [-0.2, 0) is 4.79 Å². The molecule has 0 aromatic heterocycles. The topological polar surface area (TPSA) is 69.6 Å². The van der Waals surface area contributed by atoms with Crippen LogP contribution in [0.25, 0.3) is 0 Å². The lowest BCUT2D eigenvalue weighted by molar-refractivity contribution is -0.141. The van der Waals surface area contributed by atoms with Gasteiger partial charge < -0.3 is 10.4 Å². The Kier molecular flexibility index (Phi) is 4.83. The molecular weight excluding hydrogens is 276 g/mol. The lowest BCUT2D eigenvalue weighted by Gasteiger charge is -2.29. The van der Waals surface area contributed by atoms with E-state index in [-0.39, 0.29) is 17.4 Å². The third kappa shape index (κ3) is 3.59. The van der Waals surface area contributed by atoms with Gasteiger partial charge in [-0.05, 0) is 38.0 Å². The molecule has 0 radical (unpaired) electrons. The van der Waals surface area contributed by atoms with Gasteiger partial charge in [0.15, 0.2) is 0 Å². The van der Waals surface area contributed by atoms with Crippen molar-refractivity contribution >= 4 is 23.8 Å². The van der Waals surface area contributed by atoms with Crippen LogP contribution in [0.1, 0.15) is 40.0 Å². The highest BCUT2D eigenvalue weighted by molar-refractivity contribution is 8.00. The molecule has 2 aliphatic rings. The lowest BCUT2D eigenvalue weighted by Crippen LogP contribution is -2.52. The molecule has 2 fully saturated rings. The fraction of sp³-hybridized carbons (Fsp3) is 0.857. The molecule has 114 valence electrons. The molecule has 1 saturated heterocycles. The zero-order valence-electron chi connectivity index (χ0n) is 12.3. The summed E-state index contributed by atoms with van der Waals surface area (Å²) in [4.78, 5) is 25.3. The van der Waals surface area contributed by atoms with Gasteiger partial charge >= 0.3 is 12.0 Å². The van der Waals surface area contributed by atoms with Gasteiger partial charge in [0, 0.05) is 11.8 Å². The predicted octanol–water partition coefficient (Wildman–Crippen LogP) is 2.37. The summed E-state index contributed by atoms with van der Waals surface area (Å²) in [6.45, 7) is 6.20. The van der Waals surface area contributed by atoms with Crippen LogP contribution in [0.4, 0.5) is 4.79 Å². The van der Waals surface area contributed by atoms with Crippen molar-refractivity contribution < 1.29 is 14.7 Å². The van der Waals surface area contributed by atoms with E-state index in [1.54, 1.807) is 16.7 Å². The molecular formula is C14H24N2O3S. The number of aliphatic carboxylic acids is 1. The van der Waals surface area contributed by atoms with Crippen molar-refractivity contribution in [2.24, 2.45) is 11.8 Å². The first-order valence-corrected chi connectivity index (χ1v) is 8.38. The number of thioether (sulfide) groups is 1. The van der Waals surface area contributed by atoms with Crippen LogP contribution in [-0.4, -0.2) is 45.2 Å². The van der Waals surface area contributed by atoms with Crippen LogP contribution in [0.2, 0.25) is 0 Å². The summed E-state index contributed by atoms with van der Waals surface area (Å²) < 4.78 is 0. The summed E-state index contributed by atoms with van der Waals surface area (Å²) in [7, 11) is 0. The molecule has 1 heterocycles. The monoisotopic (exact) mass is 300 g/mol. The Balaban J connectivity index is 2.01. The van der Waals surface area contributed by atoms with E-state index in [1.165, 1.54) is 0 Å². The molecule has 1 saturated carbocycles. The van der Waals surface area contributed by atoms with Crippen LogP contribution in [0.15, 0.2) is 0 Å². The Bertz CT molecular complexity index is 385. The molecule has 0 aromatic rings. The standard InChI is InChI=1S/C14H24N2O3S/c1-8(2)6-9(3)15-14(19)16-11(13(17)18)7-20-12(16)10-4-5-10/h8-12H,4-7H2,1-3H3,(H,15,19)(H,17,18). The van der Waals surface area contributed by atoms with Crippen molar-refractivity contribution in [3.63, 3.8) is 0 Å². The number of hydrogen-bond acceptors (Lipinski definition) is 3. The summed E-state index contributed by atoms with van der Waals surface area (Å²) >= 11 is 1.61. The van der Waals surface area contributed by atoms with Gasteiger partial charge in [0.05, 0.1) is 5.37 Å². The van der Waals surface area contributed by atoms with Gasteiger partial charge in [0.1, 0.15) is 6.04 Å². The van der Waals surface area contributed by atoms with Crippen molar-refractivity contribution in [1.82, 2.24) is 10.2 Å². The van der Waals surface area contributed by atoms with E-state index in [4.69, 9.17) is 0 Å².